The van der Waals surface area contributed by atoms with Crippen LogP contribution in [0.4, 0.5) is 0 Å². The molecular formula is C11H24N2O2. The van der Waals surface area contributed by atoms with Crippen molar-refractivity contribution in [2.24, 2.45) is 0 Å². The lowest BCUT2D eigenvalue weighted by atomic mass is 10.1. The minimum atomic E-state index is -0.288. The van der Waals surface area contributed by atoms with Gasteiger partial charge in [-0.3, -0.25) is 4.79 Å². The van der Waals surface area contributed by atoms with E-state index >= 15 is 0 Å². The van der Waals surface area contributed by atoms with Gasteiger partial charge in [0.1, 0.15) is 0 Å². The zero-order valence-corrected chi connectivity index (χ0v) is 10.5. The number of rotatable bonds is 7. The van der Waals surface area contributed by atoms with Crippen LogP contribution in [-0.4, -0.2) is 37.7 Å². The molecular weight excluding hydrogens is 192 g/mol. The molecule has 0 aliphatic carbocycles. The van der Waals surface area contributed by atoms with Crippen LogP contribution in [0.15, 0.2) is 0 Å². The van der Waals surface area contributed by atoms with E-state index in [9.17, 15) is 4.79 Å². The highest BCUT2D eigenvalue weighted by molar-refractivity contribution is 5.76. The normalized spacial score (nSPS) is 11.9. The summed E-state index contributed by atoms with van der Waals surface area (Å²) in [6.45, 7) is 9.26. The summed E-state index contributed by atoms with van der Waals surface area (Å²) in [4.78, 5) is 11.5. The molecule has 0 aromatic heterocycles. The Kier molecular flexibility index (Phi) is 6.52. The number of methoxy groups -OCH3 is 1. The van der Waals surface area contributed by atoms with Gasteiger partial charge in [0.25, 0.3) is 0 Å². The molecule has 90 valence electrons. The standard InChI is InChI=1S/C11H24N2O2/c1-9(2)12-7-6-10(14)13-11(3,4)8-15-5/h9,12H,6-8H2,1-5H3,(H,13,14). The van der Waals surface area contributed by atoms with Crippen molar-refractivity contribution in [2.45, 2.75) is 45.7 Å². The minimum absolute atomic E-state index is 0.0604. The number of carbonyl (C=O) groups is 1. The molecule has 0 aromatic rings. The highest BCUT2D eigenvalue weighted by atomic mass is 16.5. The van der Waals surface area contributed by atoms with Crippen LogP contribution < -0.4 is 10.6 Å². The number of carbonyl (C=O) groups excluding carboxylic acids is 1. The molecule has 0 atom stereocenters. The zero-order chi connectivity index (χ0) is 11.9. The molecule has 0 rings (SSSR count). The Morgan fingerprint density at radius 2 is 2.00 bits per heavy atom. The third kappa shape index (κ3) is 8.39. The Hall–Kier alpha value is -0.610. The first kappa shape index (κ1) is 14.4. The second-order valence-corrected chi connectivity index (χ2v) is 4.72. The van der Waals surface area contributed by atoms with Gasteiger partial charge < -0.3 is 15.4 Å². The van der Waals surface area contributed by atoms with E-state index in [1.54, 1.807) is 7.11 Å². The van der Waals surface area contributed by atoms with Crippen LogP contribution in [0.25, 0.3) is 0 Å². The molecule has 0 aliphatic heterocycles. The van der Waals surface area contributed by atoms with Gasteiger partial charge in [0, 0.05) is 26.1 Å². The van der Waals surface area contributed by atoms with Gasteiger partial charge in [-0.15, -0.1) is 0 Å². The molecule has 0 aliphatic rings. The Labute approximate surface area is 92.8 Å². The van der Waals surface area contributed by atoms with Crippen LogP contribution in [0, 0.1) is 0 Å². The molecule has 0 aromatic carbocycles. The van der Waals surface area contributed by atoms with Gasteiger partial charge in [0.05, 0.1) is 12.1 Å². The number of ether oxygens (including phenoxy) is 1. The molecule has 0 saturated carbocycles. The summed E-state index contributed by atoms with van der Waals surface area (Å²) in [5.41, 5.74) is -0.288. The van der Waals surface area contributed by atoms with Gasteiger partial charge in [0.15, 0.2) is 0 Å². The molecule has 4 nitrogen and oxygen atoms in total. The molecule has 15 heavy (non-hydrogen) atoms. The van der Waals surface area contributed by atoms with Crippen molar-refractivity contribution < 1.29 is 9.53 Å². The predicted octanol–water partition coefficient (Wildman–Crippen LogP) is 0.916. The fraction of sp³-hybridized carbons (Fsp3) is 0.909. The quantitative estimate of drug-likeness (QED) is 0.665. The van der Waals surface area contributed by atoms with Crippen molar-refractivity contribution in [1.29, 1.82) is 0 Å². The Morgan fingerprint density at radius 1 is 1.40 bits per heavy atom. The van der Waals surface area contributed by atoms with Gasteiger partial charge in [-0.1, -0.05) is 13.8 Å². The van der Waals surface area contributed by atoms with Gasteiger partial charge in [-0.25, -0.2) is 0 Å². The van der Waals surface area contributed by atoms with E-state index in [1.165, 1.54) is 0 Å². The third-order valence-electron chi connectivity index (χ3n) is 1.89. The number of hydrogen-bond donors (Lipinski definition) is 2. The maximum Gasteiger partial charge on any atom is 0.221 e. The summed E-state index contributed by atoms with van der Waals surface area (Å²) in [6, 6.07) is 0.421. The number of hydrogen-bond acceptors (Lipinski definition) is 3. The summed E-state index contributed by atoms with van der Waals surface area (Å²) in [6.07, 6.45) is 0.505. The molecule has 0 fully saturated rings. The zero-order valence-electron chi connectivity index (χ0n) is 10.5. The van der Waals surface area contributed by atoms with Crippen LogP contribution in [-0.2, 0) is 9.53 Å². The largest absolute Gasteiger partial charge is 0.382 e. The third-order valence-corrected chi connectivity index (χ3v) is 1.89. The maximum atomic E-state index is 11.5. The molecule has 0 saturated heterocycles. The summed E-state index contributed by atoms with van der Waals surface area (Å²) in [7, 11) is 1.63. The average molecular weight is 216 g/mol. The fourth-order valence-electron chi connectivity index (χ4n) is 1.31. The Bertz CT molecular complexity index is 191. The van der Waals surface area contributed by atoms with Crippen molar-refractivity contribution >= 4 is 5.91 Å². The van der Waals surface area contributed by atoms with Crippen LogP contribution in [0.2, 0.25) is 0 Å². The molecule has 1 amide bonds. The Balaban J connectivity index is 3.73. The summed E-state index contributed by atoms with van der Waals surface area (Å²) < 4.78 is 5.02. The average Bonchev–Trinajstić information content (AvgIpc) is 2.01. The molecule has 0 bridgehead atoms. The minimum Gasteiger partial charge on any atom is -0.382 e. The first-order valence-electron chi connectivity index (χ1n) is 5.41. The lowest BCUT2D eigenvalue weighted by molar-refractivity contribution is -0.123. The van der Waals surface area contributed by atoms with Crippen molar-refractivity contribution in [3.05, 3.63) is 0 Å². The lowest BCUT2D eigenvalue weighted by Crippen LogP contribution is -2.47. The monoisotopic (exact) mass is 216 g/mol. The van der Waals surface area contributed by atoms with Crippen molar-refractivity contribution in [3.63, 3.8) is 0 Å². The van der Waals surface area contributed by atoms with Crippen LogP contribution in [0.3, 0.4) is 0 Å². The molecule has 0 unspecified atom stereocenters. The van der Waals surface area contributed by atoms with Crippen molar-refractivity contribution in [2.75, 3.05) is 20.3 Å². The molecule has 0 heterocycles. The highest BCUT2D eigenvalue weighted by Gasteiger charge is 2.19. The summed E-state index contributed by atoms with van der Waals surface area (Å²) >= 11 is 0. The van der Waals surface area contributed by atoms with Crippen LogP contribution in [0.5, 0.6) is 0 Å². The number of amides is 1. The second kappa shape index (κ2) is 6.80. The van der Waals surface area contributed by atoms with Crippen molar-refractivity contribution in [1.82, 2.24) is 10.6 Å². The first-order chi connectivity index (χ1) is 6.87. The maximum absolute atomic E-state index is 11.5. The second-order valence-electron chi connectivity index (χ2n) is 4.72. The molecule has 4 heteroatoms. The lowest BCUT2D eigenvalue weighted by Gasteiger charge is -2.25. The predicted molar refractivity (Wildman–Crippen MR) is 61.9 cm³/mol. The number of nitrogens with one attached hydrogen (secondary N) is 2. The Morgan fingerprint density at radius 3 is 2.47 bits per heavy atom. The highest BCUT2D eigenvalue weighted by Crippen LogP contribution is 2.02. The van der Waals surface area contributed by atoms with E-state index in [0.717, 1.165) is 0 Å². The van der Waals surface area contributed by atoms with E-state index in [2.05, 4.69) is 24.5 Å². The van der Waals surface area contributed by atoms with E-state index in [4.69, 9.17) is 4.74 Å². The first-order valence-corrected chi connectivity index (χ1v) is 5.41. The fourth-order valence-corrected chi connectivity index (χ4v) is 1.31. The van der Waals surface area contributed by atoms with E-state index in [1.807, 2.05) is 13.8 Å². The van der Waals surface area contributed by atoms with Crippen molar-refractivity contribution in [3.8, 4) is 0 Å². The molecule has 2 N–H and O–H groups in total. The molecule has 0 spiro atoms. The van der Waals surface area contributed by atoms with Gasteiger partial charge in [0.2, 0.25) is 5.91 Å². The van der Waals surface area contributed by atoms with Gasteiger partial charge in [-0.05, 0) is 13.8 Å². The smallest absolute Gasteiger partial charge is 0.221 e. The van der Waals surface area contributed by atoms with Crippen LogP contribution >= 0.6 is 0 Å². The summed E-state index contributed by atoms with van der Waals surface area (Å²) in [5.74, 6) is 0.0604. The molecule has 0 radical (unpaired) electrons. The van der Waals surface area contributed by atoms with E-state index < -0.39 is 0 Å². The van der Waals surface area contributed by atoms with E-state index in [0.29, 0.717) is 25.6 Å². The summed E-state index contributed by atoms with van der Waals surface area (Å²) in [5, 5.41) is 6.13. The van der Waals surface area contributed by atoms with Crippen LogP contribution in [0.1, 0.15) is 34.1 Å². The SMILES string of the molecule is COCC(C)(C)NC(=O)CCNC(C)C. The van der Waals surface area contributed by atoms with Gasteiger partial charge in [-0.2, -0.15) is 0 Å². The topological polar surface area (TPSA) is 50.4 Å². The van der Waals surface area contributed by atoms with Gasteiger partial charge >= 0.3 is 0 Å². The van der Waals surface area contributed by atoms with E-state index in [-0.39, 0.29) is 11.4 Å².